The third-order valence-corrected chi connectivity index (χ3v) is 3.00. The maximum atomic E-state index is 11.4. The van der Waals surface area contributed by atoms with Crippen LogP contribution in [0, 0.1) is 11.3 Å². The van der Waals surface area contributed by atoms with Crippen molar-refractivity contribution in [3.8, 4) is 17.6 Å². The van der Waals surface area contributed by atoms with Crippen molar-refractivity contribution < 1.29 is 14.3 Å². The van der Waals surface area contributed by atoms with E-state index in [4.69, 9.17) is 14.7 Å². The highest BCUT2D eigenvalue weighted by molar-refractivity contribution is 5.78. The Hall–Kier alpha value is -2.26. The van der Waals surface area contributed by atoms with Crippen LogP contribution in [-0.2, 0) is 11.3 Å². The molecule has 1 rings (SSSR count). The number of ether oxygens (including phenoxy) is 2. The second-order valence-corrected chi connectivity index (χ2v) is 5.09. The predicted octanol–water partition coefficient (Wildman–Crippen LogP) is 1.56. The van der Waals surface area contributed by atoms with Gasteiger partial charge in [0.05, 0.1) is 19.8 Å². The van der Waals surface area contributed by atoms with Gasteiger partial charge in [0.1, 0.15) is 17.9 Å². The Kier molecular flexibility index (Phi) is 7.79. The highest BCUT2D eigenvalue weighted by atomic mass is 16.5. The maximum absolute atomic E-state index is 11.4. The van der Waals surface area contributed by atoms with E-state index in [1.54, 1.807) is 13.2 Å². The van der Waals surface area contributed by atoms with E-state index in [1.165, 1.54) is 0 Å². The summed E-state index contributed by atoms with van der Waals surface area (Å²) < 4.78 is 11.0. The van der Waals surface area contributed by atoms with Crippen LogP contribution in [0.4, 0.5) is 0 Å². The minimum absolute atomic E-state index is 0.144. The molecule has 1 aromatic rings. The number of benzene rings is 1. The summed E-state index contributed by atoms with van der Waals surface area (Å²) in [4.78, 5) is 13.5. The number of nitrogens with zero attached hydrogens (tertiary/aromatic N) is 2. The number of carbonyl (C=O) groups is 1. The van der Waals surface area contributed by atoms with E-state index >= 15 is 0 Å². The number of methoxy groups -OCH3 is 1. The van der Waals surface area contributed by atoms with Crippen LogP contribution < -0.4 is 14.8 Å². The van der Waals surface area contributed by atoms with Crippen molar-refractivity contribution in [3.05, 3.63) is 23.8 Å². The molecule has 0 aliphatic heterocycles. The first-order chi connectivity index (χ1) is 10.6. The van der Waals surface area contributed by atoms with Gasteiger partial charge in [-0.1, -0.05) is 0 Å². The van der Waals surface area contributed by atoms with E-state index in [-0.39, 0.29) is 12.3 Å². The quantitative estimate of drug-likeness (QED) is 0.701. The lowest BCUT2D eigenvalue weighted by atomic mass is 10.2. The fraction of sp³-hybridized carbons (Fsp3) is 0.500. The monoisotopic (exact) mass is 305 g/mol. The molecule has 6 nitrogen and oxygen atoms in total. The molecular weight excluding hydrogens is 282 g/mol. The summed E-state index contributed by atoms with van der Waals surface area (Å²) in [7, 11) is 5.63. The third-order valence-electron chi connectivity index (χ3n) is 3.00. The van der Waals surface area contributed by atoms with Crippen molar-refractivity contribution in [3.63, 3.8) is 0 Å². The van der Waals surface area contributed by atoms with Crippen LogP contribution in [0.2, 0.25) is 0 Å². The zero-order valence-electron chi connectivity index (χ0n) is 13.4. The second-order valence-electron chi connectivity index (χ2n) is 5.09. The van der Waals surface area contributed by atoms with E-state index in [9.17, 15) is 4.79 Å². The van der Waals surface area contributed by atoms with Gasteiger partial charge >= 0.3 is 0 Å². The summed E-state index contributed by atoms with van der Waals surface area (Å²) in [6.07, 6.45) is 0.764. The molecule has 6 heteroatoms. The zero-order valence-corrected chi connectivity index (χ0v) is 13.4. The molecule has 0 spiro atoms. The molecular formula is C16H23N3O3. The molecule has 1 aromatic carbocycles. The maximum Gasteiger partial charge on any atom is 0.234 e. The predicted molar refractivity (Wildman–Crippen MR) is 83.7 cm³/mol. The molecule has 0 aliphatic rings. The molecule has 0 saturated heterocycles. The largest absolute Gasteiger partial charge is 0.497 e. The summed E-state index contributed by atoms with van der Waals surface area (Å²) in [6, 6.07) is 7.30. The summed E-state index contributed by atoms with van der Waals surface area (Å²) in [5.74, 6) is 1.10. The van der Waals surface area contributed by atoms with E-state index in [1.807, 2.05) is 32.3 Å². The molecule has 0 bridgehead atoms. The number of nitrogens with one attached hydrogen (secondary N) is 1. The average molecular weight is 305 g/mol. The number of hydrogen-bond acceptors (Lipinski definition) is 5. The molecule has 22 heavy (non-hydrogen) atoms. The molecule has 0 fully saturated rings. The summed E-state index contributed by atoms with van der Waals surface area (Å²) in [5.41, 5.74) is 0.858. The van der Waals surface area contributed by atoms with Gasteiger partial charge in [0.25, 0.3) is 0 Å². The van der Waals surface area contributed by atoms with Crippen LogP contribution in [0.1, 0.15) is 18.4 Å². The Morgan fingerprint density at radius 3 is 2.82 bits per heavy atom. The minimum Gasteiger partial charge on any atom is -0.497 e. The fourth-order valence-corrected chi connectivity index (χ4v) is 1.83. The van der Waals surface area contributed by atoms with Crippen molar-refractivity contribution in [1.82, 2.24) is 10.2 Å². The number of hydrogen-bond donors (Lipinski definition) is 1. The van der Waals surface area contributed by atoms with Gasteiger partial charge < -0.3 is 19.7 Å². The van der Waals surface area contributed by atoms with Crippen molar-refractivity contribution >= 4 is 5.91 Å². The molecule has 0 atom stereocenters. The number of nitriles is 1. The van der Waals surface area contributed by atoms with Crippen LogP contribution >= 0.6 is 0 Å². The van der Waals surface area contributed by atoms with Crippen molar-refractivity contribution in [2.75, 3.05) is 34.4 Å². The Bertz CT molecular complexity index is 524. The average Bonchev–Trinajstić information content (AvgIpc) is 2.50. The van der Waals surface area contributed by atoms with Gasteiger partial charge in [-0.25, -0.2) is 0 Å². The van der Waals surface area contributed by atoms with Crippen molar-refractivity contribution in [2.45, 2.75) is 19.4 Å². The molecule has 1 N–H and O–H groups in total. The van der Waals surface area contributed by atoms with Gasteiger partial charge in [-0.15, -0.1) is 0 Å². The second kappa shape index (κ2) is 9.64. The van der Waals surface area contributed by atoms with Gasteiger partial charge in [-0.2, -0.15) is 5.26 Å². The Morgan fingerprint density at radius 1 is 1.41 bits per heavy atom. The smallest absolute Gasteiger partial charge is 0.234 e. The molecule has 0 unspecified atom stereocenters. The van der Waals surface area contributed by atoms with E-state index in [0.717, 1.165) is 18.5 Å². The van der Waals surface area contributed by atoms with Crippen LogP contribution in [0.3, 0.4) is 0 Å². The van der Waals surface area contributed by atoms with Crippen LogP contribution in [0.15, 0.2) is 18.2 Å². The first-order valence-electron chi connectivity index (χ1n) is 7.15. The minimum atomic E-state index is -0.295. The Balaban J connectivity index is 2.65. The van der Waals surface area contributed by atoms with E-state index in [2.05, 4.69) is 10.2 Å². The lowest BCUT2D eigenvalue weighted by Gasteiger charge is -2.14. The Labute approximate surface area is 131 Å². The first-order valence-corrected chi connectivity index (χ1v) is 7.15. The standard InChI is InChI=1S/C16H23N3O3/c1-19(2)9-4-10-22-15-11-14(21-3)6-5-13(15)12-18-16(20)7-8-17/h5-6,11H,4,7,9-10,12H2,1-3H3,(H,18,20). The summed E-state index contributed by atoms with van der Waals surface area (Å²) in [5, 5.41) is 11.2. The number of amides is 1. The normalized spacial score (nSPS) is 10.1. The van der Waals surface area contributed by atoms with E-state index < -0.39 is 0 Å². The van der Waals surface area contributed by atoms with Crippen LogP contribution in [0.5, 0.6) is 11.5 Å². The highest BCUT2D eigenvalue weighted by Gasteiger charge is 2.08. The topological polar surface area (TPSA) is 74.6 Å². The Morgan fingerprint density at radius 2 is 2.18 bits per heavy atom. The van der Waals surface area contributed by atoms with Crippen molar-refractivity contribution in [2.24, 2.45) is 0 Å². The van der Waals surface area contributed by atoms with Crippen LogP contribution in [0.25, 0.3) is 0 Å². The first kappa shape index (κ1) is 17.8. The molecule has 120 valence electrons. The summed E-state index contributed by atoms with van der Waals surface area (Å²) >= 11 is 0. The lowest BCUT2D eigenvalue weighted by Crippen LogP contribution is -2.22. The molecule has 1 amide bonds. The fourth-order valence-electron chi connectivity index (χ4n) is 1.83. The van der Waals surface area contributed by atoms with Gasteiger partial charge in [0.15, 0.2) is 0 Å². The zero-order chi connectivity index (χ0) is 16.4. The molecule has 0 saturated carbocycles. The van der Waals surface area contributed by atoms with Crippen LogP contribution in [-0.4, -0.2) is 45.2 Å². The molecule has 0 aliphatic carbocycles. The van der Waals surface area contributed by atoms with Gasteiger partial charge in [-0.3, -0.25) is 4.79 Å². The van der Waals surface area contributed by atoms with E-state index in [0.29, 0.717) is 24.7 Å². The summed E-state index contributed by atoms with van der Waals surface area (Å²) in [6.45, 7) is 1.86. The molecule has 0 radical (unpaired) electrons. The van der Waals surface area contributed by atoms with Gasteiger partial charge in [0.2, 0.25) is 5.91 Å². The molecule has 0 heterocycles. The molecule has 0 aromatic heterocycles. The lowest BCUT2D eigenvalue weighted by molar-refractivity contribution is -0.120. The number of carbonyl (C=O) groups excluding carboxylic acids is 1. The van der Waals surface area contributed by atoms with Gasteiger partial charge in [0, 0.05) is 24.7 Å². The third kappa shape index (κ3) is 6.46. The SMILES string of the molecule is COc1ccc(CNC(=O)CC#N)c(OCCCN(C)C)c1. The van der Waals surface area contributed by atoms with Gasteiger partial charge in [-0.05, 0) is 32.6 Å². The highest BCUT2D eigenvalue weighted by Crippen LogP contribution is 2.25. The van der Waals surface area contributed by atoms with Crippen molar-refractivity contribution in [1.29, 1.82) is 5.26 Å². The number of rotatable bonds is 9.